The predicted molar refractivity (Wildman–Crippen MR) is 138 cm³/mol. The number of hydrogen-bond acceptors (Lipinski definition) is 15. The van der Waals surface area contributed by atoms with Crippen LogP contribution in [-0.2, 0) is 14.2 Å². The van der Waals surface area contributed by atoms with Gasteiger partial charge in [0, 0.05) is 17.7 Å². The summed E-state index contributed by atoms with van der Waals surface area (Å²) in [5.74, 6) is -2.12. The van der Waals surface area contributed by atoms with Gasteiger partial charge in [-0.3, -0.25) is 4.79 Å². The van der Waals surface area contributed by atoms with E-state index < -0.39 is 97.3 Å². The van der Waals surface area contributed by atoms with Gasteiger partial charge in [0.1, 0.15) is 65.6 Å². The van der Waals surface area contributed by atoms with Crippen LogP contribution in [0.3, 0.4) is 0 Å². The minimum absolute atomic E-state index is 0.155. The molecular formula is C27H30O15. The highest BCUT2D eigenvalue weighted by Gasteiger charge is 2.51. The van der Waals surface area contributed by atoms with Gasteiger partial charge in [-0.2, -0.15) is 0 Å². The minimum atomic E-state index is -1.93. The first-order valence-corrected chi connectivity index (χ1v) is 12.9. The van der Waals surface area contributed by atoms with E-state index in [-0.39, 0.29) is 16.7 Å². The van der Waals surface area contributed by atoms with E-state index >= 15 is 0 Å². The van der Waals surface area contributed by atoms with Crippen molar-refractivity contribution in [3.8, 4) is 28.6 Å². The van der Waals surface area contributed by atoms with Crippen molar-refractivity contribution < 1.29 is 69.3 Å². The van der Waals surface area contributed by atoms with Crippen molar-refractivity contribution in [3.05, 3.63) is 52.7 Å². The number of ether oxygens (including phenoxy) is 4. The zero-order chi connectivity index (χ0) is 30.3. The molecule has 228 valence electrons. The second-order valence-electron chi connectivity index (χ2n) is 9.91. The molecule has 2 aliphatic heterocycles. The van der Waals surface area contributed by atoms with Gasteiger partial charge in [0.05, 0.1) is 13.2 Å². The molecule has 42 heavy (non-hydrogen) atoms. The Hall–Kier alpha value is -3.35. The molecule has 1 aromatic heterocycles. The Bertz CT molecular complexity index is 1440. The van der Waals surface area contributed by atoms with Gasteiger partial charge in [-0.15, -0.1) is 0 Å². The molecule has 2 fully saturated rings. The fourth-order valence-corrected chi connectivity index (χ4v) is 4.88. The number of benzene rings is 2. The number of rotatable bonds is 7. The van der Waals surface area contributed by atoms with Crippen LogP contribution in [0.15, 0.2) is 51.7 Å². The molecule has 3 heterocycles. The maximum atomic E-state index is 12.7. The molecule has 15 nitrogen and oxygen atoms in total. The molecule has 10 atom stereocenters. The molecule has 0 radical (unpaired) electrons. The van der Waals surface area contributed by atoms with Crippen LogP contribution in [0.5, 0.6) is 17.2 Å². The summed E-state index contributed by atoms with van der Waals surface area (Å²) in [4.78, 5) is 12.7. The second-order valence-corrected chi connectivity index (χ2v) is 9.91. The smallest absolute Gasteiger partial charge is 0.229 e. The minimum Gasteiger partial charge on any atom is -0.504 e. The Labute approximate surface area is 236 Å². The summed E-state index contributed by atoms with van der Waals surface area (Å²) < 4.78 is 27.6. The van der Waals surface area contributed by atoms with Gasteiger partial charge < -0.3 is 69.3 Å². The Balaban J connectivity index is 1.40. The topological polar surface area (TPSA) is 249 Å². The van der Waals surface area contributed by atoms with E-state index in [9.17, 15) is 50.8 Å². The quantitative estimate of drug-likeness (QED) is 0.133. The molecule has 2 saturated heterocycles. The molecule has 0 aliphatic carbocycles. The van der Waals surface area contributed by atoms with Crippen LogP contribution in [0.4, 0.5) is 0 Å². The van der Waals surface area contributed by atoms with Crippen LogP contribution < -0.4 is 10.2 Å². The second kappa shape index (κ2) is 12.1. The van der Waals surface area contributed by atoms with Gasteiger partial charge in [-0.05, 0) is 0 Å². The average Bonchev–Trinajstić information content (AvgIpc) is 2.99. The molecule has 2 aromatic carbocycles. The van der Waals surface area contributed by atoms with Crippen LogP contribution in [0.1, 0.15) is 0 Å². The van der Waals surface area contributed by atoms with Gasteiger partial charge in [-0.25, -0.2) is 0 Å². The van der Waals surface area contributed by atoms with Crippen molar-refractivity contribution in [3.63, 3.8) is 0 Å². The van der Waals surface area contributed by atoms with Crippen molar-refractivity contribution in [2.75, 3.05) is 13.2 Å². The SMILES string of the molecule is O=c1cc(-c2ccccc2)oc2cc(O[C@@H]3O[C@H](CO)[C@@H](O[C@@H]4O[C@H](CO)[C@@H](O)[C@@H](O)[C@H]4O)[C@@H](O)[C@H]3O)c(O)c(O)c12. The molecule has 5 rings (SSSR count). The van der Waals surface area contributed by atoms with E-state index in [1.54, 1.807) is 30.3 Å². The molecule has 0 bridgehead atoms. The van der Waals surface area contributed by atoms with Crippen LogP contribution in [0, 0.1) is 0 Å². The van der Waals surface area contributed by atoms with E-state index in [0.29, 0.717) is 5.56 Å². The van der Waals surface area contributed by atoms with Crippen LogP contribution >= 0.6 is 0 Å². The first-order chi connectivity index (χ1) is 20.0. The Morgan fingerprint density at radius 1 is 0.738 bits per heavy atom. The fourth-order valence-electron chi connectivity index (χ4n) is 4.88. The molecule has 0 unspecified atom stereocenters. The fraction of sp³-hybridized carbons (Fsp3) is 0.444. The lowest BCUT2D eigenvalue weighted by molar-refractivity contribution is -0.352. The highest BCUT2D eigenvalue weighted by Crippen LogP contribution is 2.43. The van der Waals surface area contributed by atoms with Crippen molar-refractivity contribution in [2.45, 2.75) is 61.4 Å². The summed E-state index contributed by atoms with van der Waals surface area (Å²) in [7, 11) is 0. The van der Waals surface area contributed by atoms with Gasteiger partial charge in [0.25, 0.3) is 0 Å². The number of aliphatic hydroxyl groups is 7. The highest BCUT2D eigenvalue weighted by atomic mass is 16.7. The Morgan fingerprint density at radius 3 is 2.05 bits per heavy atom. The maximum Gasteiger partial charge on any atom is 0.229 e. The monoisotopic (exact) mass is 594 g/mol. The zero-order valence-corrected chi connectivity index (χ0v) is 21.7. The number of aliphatic hydroxyl groups excluding tert-OH is 7. The third-order valence-electron chi connectivity index (χ3n) is 7.19. The molecule has 0 saturated carbocycles. The van der Waals surface area contributed by atoms with Gasteiger partial charge in [-0.1, -0.05) is 30.3 Å². The molecular weight excluding hydrogens is 564 g/mol. The predicted octanol–water partition coefficient (Wildman–Crippen LogP) is -2.13. The van der Waals surface area contributed by atoms with Crippen LogP contribution in [0.25, 0.3) is 22.3 Å². The van der Waals surface area contributed by atoms with Crippen molar-refractivity contribution in [1.82, 2.24) is 0 Å². The van der Waals surface area contributed by atoms with Gasteiger partial charge in [0.15, 0.2) is 23.2 Å². The van der Waals surface area contributed by atoms with Crippen LogP contribution in [0.2, 0.25) is 0 Å². The van der Waals surface area contributed by atoms with Gasteiger partial charge >= 0.3 is 0 Å². The lowest BCUT2D eigenvalue weighted by atomic mass is 9.97. The largest absolute Gasteiger partial charge is 0.504 e. The molecule has 0 spiro atoms. The zero-order valence-electron chi connectivity index (χ0n) is 21.7. The molecule has 0 amide bonds. The number of hydrogen-bond donors (Lipinski definition) is 9. The molecule has 3 aromatic rings. The summed E-state index contributed by atoms with van der Waals surface area (Å²) in [6.07, 6.45) is -17.0. The van der Waals surface area contributed by atoms with E-state index in [1.807, 2.05) is 0 Å². The van der Waals surface area contributed by atoms with Gasteiger partial charge in [0.2, 0.25) is 12.0 Å². The number of phenols is 2. The summed E-state index contributed by atoms with van der Waals surface area (Å²) in [5, 5.41) is 91.9. The standard InChI is InChI=1S/C27H30O15/c28-8-15-19(32)21(34)23(36)27(40-15)42-25-16(9-29)41-26(24(37)22(25)35)39-14-7-13-17(20(33)18(14)31)11(30)6-12(38-13)10-4-2-1-3-5-10/h1-7,15-16,19,21-29,31-37H,8-9H2/t15-,16-,19-,21-,22+,23-,24-,25-,26-,27+/m1/s1. The van der Waals surface area contributed by atoms with Crippen molar-refractivity contribution in [1.29, 1.82) is 0 Å². The van der Waals surface area contributed by atoms with E-state index in [2.05, 4.69) is 0 Å². The Kier molecular flexibility index (Phi) is 8.68. The maximum absolute atomic E-state index is 12.7. The lowest BCUT2D eigenvalue weighted by Gasteiger charge is -2.45. The average molecular weight is 595 g/mol. The molecule has 9 N–H and O–H groups in total. The van der Waals surface area contributed by atoms with Crippen molar-refractivity contribution >= 4 is 11.0 Å². The molecule has 2 aliphatic rings. The first-order valence-electron chi connectivity index (χ1n) is 12.9. The van der Waals surface area contributed by atoms with Crippen molar-refractivity contribution in [2.24, 2.45) is 0 Å². The number of phenolic OH excluding ortho intramolecular Hbond substituents is 2. The van der Waals surface area contributed by atoms with E-state index in [4.69, 9.17) is 23.4 Å². The third kappa shape index (κ3) is 5.43. The summed E-state index contributed by atoms with van der Waals surface area (Å²) in [5.41, 5.74) is -0.288. The summed E-state index contributed by atoms with van der Waals surface area (Å²) in [6, 6.07) is 10.8. The first kappa shape index (κ1) is 30.1. The normalized spacial score (nSPS) is 33.5. The van der Waals surface area contributed by atoms with E-state index in [1.165, 1.54) is 0 Å². The summed E-state index contributed by atoms with van der Waals surface area (Å²) >= 11 is 0. The van der Waals surface area contributed by atoms with Crippen LogP contribution in [-0.4, -0.2) is 121 Å². The molecule has 15 heteroatoms. The Morgan fingerprint density at radius 2 is 1.38 bits per heavy atom. The lowest BCUT2D eigenvalue weighted by Crippen LogP contribution is -2.65. The third-order valence-corrected chi connectivity index (χ3v) is 7.19. The number of aromatic hydroxyl groups is 2. The number of fused-ring (bicyclic) bond motifs is 1. The summed E-state index contributed by atoms with van der Waals surface area (Å²) in [6.45, 7) is -1.57. The van der Waals surface area contributed by atoms with E-state index in [0.717, 1.165) is 12.1 Å². The highest BCUT2D eigenvalue weighted by molar-refractivity contribution is 5.89.